The molecule has 0 bridgehead atoms. The molecule has 0 fully saturated rings. The van der Waals surface area contributed by atoms with Crippen LogP contribution in [-0.2, 0) is 16.4 Å². The van der Waals surface area contributed by atoms with Crippen molar-refractivity contribution in [3.05, 3.63) is 34.9 Å². The van der Waals surface area contributed by atoms with Crippen molar-refractivity contribution in [1.82, 2.24) is 10.2 Å². The van der Waals surface area contributed by atoms with Crippen molar-refractivity contribution in [3.63, 3.8) is 0 Å². The Kier molecular flexibility index (Phi) is 10.0. The molecule has 0 aliphatic heterocycles. The van der Waals surface area contributed by atoms with Gasteiger partial charge in [-0.3, -0.25) is 4.99 Å². The number of aliphatic imine (C=N–C) groups is 1. The molecule has 0 aliphatic rings. The molecule has 22 heavy (non-hydrogen) atoms. The molecule has 0 saturated carbocycles. The van der Waals surface area contributed by atoms with E-state index in [2.05, 4.69) is 10.3 Å². The molecule has 126 valence electrons. The Bertz CT molecular complexity index is 594. The zero-order valence-corrected chi connectivity index (χ0v) is 16.9. The minimum atomic E-state index is -2.97. The summed E-state index contributed by atoms with van der Waals surface area (Å²) in [5.74, 6) is 0.895. The summed E-state index contributed by atoms with van der Waals surface area (Å²) in [6.07, 6.45) is 0. The van der Waals surface area contributed by atoms with Gasteiger partial charge in [-0.15, -0.1) is 24.0 Å². The molecular weight excluding hydrogens is 437 g/mol. The topological polar surface area (TPSA) is 61.8 Å². The Hall–Kier alpha value is -0.540. The second-order valence-electron chi connectivity index (χ2n) is 4.66. The molecule has 0 radical (unpaired) electrons. The number of benzene rings is 1. The maximum Gasteiger partial charge on any atom is 0.193 e. The van der Waals surface area contributed by atoms with Gasteiger partial charge in [0.15, 0.2) is 15.8 Å². The molecule has 1 N–H and O–H groups in total. The molecule has 0 heterocycles. The summed E-state index contributed by atoms with van der Waals surface area (Å²) in [7, 11) is 0.577. The van der Waals surface area contributed by atoms with Crippen molar-refractivity contribution in [1.29, 1.82) is 0 Å². The van der Waals surface area contributed by atoms with Crippen LogP contribution in [0.2, 0.25) is 5.02 Å². The van der Waals surface area contributed by atoms with Gasteiger partial charge in [0.2, 0.25) is 0 Å². The Morgan fingerprint density at radius 2 is 2.00 bits per heavy atom. The number of nitrogens with zero attached hydrogens (tertiary/aromatic N) is 2. The van der Waals surface area contributed by atoms with Crippen LogP contribution < -0.4 is 5.32 Å². The Balaban J connectivity index is 0.00000441. The number of hydrogen-bond acceptors (Lipinski definition) is 3. The summed E-state index contributed by atoms with van der Waals surface area (Å²) < 4.78 is 22.9. The van der Waals surface area contributed by atoms with Crippen molar-refractivity contribution in [3.8, 4) is 0 Å². The van der Waals surface area contributed by atoms with Crippen LogP contribution in [0.5, 0.6) is 0 Å². The van der Waals surface area contributed by atoms with Crippen LogP contribution in [0, 0.1) is 0 Å². The minimum Gasteiger partial charge on any atom is -0.355 e. The largest absolute Gasteiger partial charge is 0.355 e. The molecule has 1 aromatic rings. The van der Waals surface area contributed by atoms with Crippen molar-refractivity contribution >= 4 is 51.4 Å². The van der Waals surface area contributed by atoms with E-state index in [1.165, 1.54) is 0 Å². The molecule has 0 atom stereocenters. The highest BCUT2D eigenvalue weighted by atomic mass is 127. The maximum atomic E-state index is 11.5. The highest BCUT2D eigenvalue weighted by molar-refractivity contribution is 14.0. The van der Waals surface area contributed by atoms with Crippen molar-refractivity contribution in [2.24, 2.45) is 4.99 Å². The molecule has 5 nitrogen and oxygen atoms in total. The van der Waals surface area contributed by atoms with Gasteiger partial charge < -0.3 is 10.2 Å². The normalized spacial score (nSPS) is 11.7. The molecule has 0 spiro atoms. The predicted octanol–water partition coefficient (Wildman–Crippen LogP) is 2.40. The van der Waals surface area contributed by atoms with Gasteiger partial charge in [-0.25, -0.2) is 8.42 Å². The van der Waals surface area contributed by atoms with Crippen LogP contribution in [0.1, 0.15) is 12.5 Å². The molecule has 0 unspecified atom stereocenters. The molecule has 0 aliphatic carbocycles. The van der Waals surface area contributed by atoms with E-state index in [0.29, 0.717) is 24.1 Å². The van der Waals surface area contributed by atoms with Crippen LogP contribution in [0.25, 0.3) is 0 Å². The first-order valence-corrected chi connectivity index (χ1v) is 8.95. The van der Waals surface area contributed by atoms with E-state index in [1.807, 2.05) is 36.2 Å². The number of rotatable bonds is 6. The summed E-state index contributed by atoms with van der Waals surface area (Å²) in [5, 5.41) is 3.76. The third kappa shape index (κ3) is 7.15. The Labute approximate surface area is 155 Å². The highest BCUT2D eigenvalue weighted by Gasteiger charge is 2.11. The summed E-state index contributed by atoms with van der Waals surface area (Å²) in [5.41, 5.74) is 0.991. The van der Waals surface area contributed by atoms with E-state index in [1.54, 1.807) is 14.0 Å². The first-order chi connectivity index (χ1) is 9.89. The van der Waals surface area contributed by atoms with Gasteiger partial charge in [-0.2, -0.15) is 0 Å². The molecule has 0 saturated heterocycles. The third-order valence-electron chi connectivity index (χ3n) is 3.07. The van der Waals surface area contributed by atoms with Crippen LogP contribution in [-0.4, -0.2) is 51.4 Å². The van der Waals surface area contributed by atoms with Gasteiger partial charge >= 0.3 is 0 Å². The van der Waals surface area contributed by atoms with Gasteiger partial charge in [0.05, 0.1) is 5.75 Å². The summed E-state index contributed by atoms with van der Waals surface area (Å²) in [6, 6.07) is 7.61. The van der Waals surface area contributed by atoms with Gasteiger partial charge in [-0.1, -0.05) is 36.7 Å². The van der Waals surface area contributed by atoms with Gasteiger partial charge in [0, 0.05) is 38.0 Å². The molecule has 1 aromatic carbocycles. The quantitative estimate of drug-likeness (QED) is 0.403. The summed E-state index contributed by atoms with van der Waals surface area (Å²) >= 11 is 6.13. The van der Waals surface area contributed by atoms with E-state index in [0.717, 1.165) is 5.56 Å². The lowest BCUT2D eigenvalue weighted by Gasteiger charge is -2.22. The minimum absolute atomic E-state index is 0. The number of nitrogens with one attached hydrogen (secondary N) is 1. The summed E-state index contributed by atoms with van der Waals surface area (Å²) in [6.45, 7) is 2.59. The first kappa shape index (κ1) is 21.5. The molecule has 0 amide bonds. The Morgan fingerprint density at radius 1 is 1.36 bits per heavy atom. The zero-order valence-electron chi connectivity index (χ0n) is 13.0. The average Bonchev–Trinajstić information content (AvgIpc) is 2.46. The smallest absolute Gasteiger partial charge is 0.193 e. The number of halogens is 2. The van der Waals surface area contributed by atoms with Crippen LogP contribution in [0.15, 0.2) is 29.3 Å². The predicted molar refractivity (Wildman–Crippen MR) is 104 cm³/mol. The van der Waals surface area contributed by atoms with Crippen LogP contribution in [0.4, 0.5) is 0 Å². The average molecular weight is 460 g/mol. The van der Waals surface area contributed by atoms with Crippen LogP contribution >= 0.6 is 35.6 Å². The first-order valence-electron chi connectivity index (χ1n) is 6.75. The summed E-state index contributed by atoms with van der Waals surface area (Å²) in [4.78, 5) is 6.06. The van der Waals surface area contributed by atoms with Crippen molar-refractivity contribution in [2.75, 3.05) is 32.1 Å². The van der Waals surface area contributed by atoms with E-state index in [9.17, 15) is 8.42 Å². The molecular formula is C14H23ClIN3O2S. The molecule has 8 heteroatoms. The fourth-order valence-electron chi connectivity index (χ4n) is 1.80. The fourth-order valence-corrected chi connectivity index (χ4v) is 2.70. The van der Waals surface area contributed by atoms with Crippen molar-refractivity contribution in [2.45, 2.75) is 13.5 Å². The lowest BCUT2D eigenvalue weighted by atomic mass is 10.2. The third-order valence-corrected chi connectivity index (χ3v) is 5.15. The zero-order chi connectivity index (χ0) is 15.9. The SMILES string of the molecule is CCS(=O)(=O)CCNC(=NC)N(C)Cc1ccccc1Cl.I. The highest BCUT2D eigenvalue weighted by Crippen LogP contribution is 2.16. The number of guanidine groups is 1. The number of sulfone groups is 1. The van der Waals surface area contributed by atoms with E-state index >= 15 is 0 Å². The second kappa shape index (κ2) is 10.3. The Morgan fingerprint density at radius 3 is 2.55 bits per heavy atom. The maximum absolute atomic E-state index is 11.5. The van der Waals surface area contributed by atoms with Gasteiger partial charge in [0.25, 0.3) is 0 Å². The fraction of sp³-hybridized carbons (Fsp3) is 0.500. The van der Waals surface area contributed by atoms with Crippen molar-refractivity contribution < 1.29 is 8.42 Å². The van der Waals surface area contributed by atoms with E-state index in [4.69, 9.17) is 11.6 Å². The standard InChI is InChI=1S/C14H22ClN3O2S.HI/c1-4-21(19,20)10-9-17-14(16-2)18(3)11-12-7-5-6-8-13(12)15;/h5-8H,4,9-11H2,1-3H3,(H,16,17);1H. The van der Waals surface area contributed by atoms with E-state index < -0.39 is 9.84 Å². The van der Waals surface area contributed by atoms with Gasteiger partial charge in [0.1, 0.15) is 0 Å². The monoisotopic (exact) mass is 459 g/mol. The van der Waals surface area contributed by atoms with E-state index in [-0.39, 0.29) is 35.5 Å². The number of hydrogen-bond donors (Lipinski definition) is 1. The lowest BCUT2D eigenvalue weighted by Crippen LogP contribution is -2.40. The van der Waals surface area contributed by atoms with Gasteiger partial charge in [-0.05, 0) is 11.6 Å². The molecule has 1 rings (SSSR count). The van der Waals surface area contributed by atoms with Crippen LogP contribution in [0.3, 0.4) is 0 Å². The lowest BCUT2D eigenvalue weighted by molar-refractivity contribution is 0.479. The second-order valence-corrected chi connectivity index (χ2v) is 7.54. The molecule has 0 aromatic heterocycles.